The van der Waals surface area contributed by atoms with Crippen LogP contribution in [0.3, 0.4) is 0 Å². The van der Waals surface area contributed by atoms with Gasteiger partial charge >= 0.3 is 0 Å². The summed E-state index contributed by atoms with van der Waals surface area (Å²) in [4.78, 5) is 14.8. The minimum absolute atomic E-state index is 0.00598. The fraction of sp³-hybridized carbons (Fsp3) is 0.150. The molecular formula is C20H19NO2. The second-order valence-corrected chi connectivity index (χ2v) is 5.32. The largest absolute Gasteiger partial charge is 0.497 e. The third-order valence-electron chi connectivity index (χ3n) is 3.85. The van der Waals surface area contributed by atoms with Gasteiger partial charge in [-0.25, -0.2) is 0 Å². The fourth-order valence-corrected chi connectivity index (χ4v) is 2.63. The molecule has 0 atom stereocenters. The van der Waals surface area contributed by atoms with E-state index >= 15 is 0 Å². The van der Waals surface area contributed by atoms with E-state index in [1.807, 2.05) is 71.6 Å². The van der Waals surface area contributed by atoms with Crippen molar-refractivity contribution in [2.24, 2.45) is 0 Å². The van der Waals surface area contributed by atoms with Crippen molar-refractivity contribution >= 4 is 11.6 Å². The zero-order chi connectivity index (χ0) is 16.1. The molecule has 0 aliphatic carbocycles. The summed E-state index contributed by atoms with van der Waals surface area (Å²) >= 11 is 0. The van der Waals surface area contributed by atoms with Gasteiger partial charge < -0.3 is 9.64 Å². The van der Waals surface area contributed by atoms with Crippen molar-refractivity contribution in [2.75, 3.05) is 13.7 Å². The van der Waals surface area contributed by atoms with Crippen LogP contribution in [0.2, 0.25) is 0 Å². The van der Waals surface area contributed by atoms with Crippen LogP contribution in [0.15, 0.2) is 72.8 Å². The lowest BCUT2D eigenvalue weighted by atomic mass is 10.1. The molecule has 1 aliphatic rings. The Morgan fingerprint density at radius 1 is 1.04 bits per heavy atom. The summed E-state index contributed by atoms with van der Waals surface area (Å²) in [5.74, 6) is 0.754. The van der Waals surface area contributed by atoms with Gasteiger partial charge in [-0.3, -0.25) is 4.79 Å². The molecule has 1 aliphatic heterocycles. The summed E-state index contributed by atoms with van der Waals surface area (Å²) < 4.78 is 5.16. The zero-order valence-electron chi connectivity index (χ0n) is 13.1. The summed E-state index contributed by atoms with van der Waals surface area (Å²) in [6.45, 7) is 0.669. The van der Waals surface area contributed by atoms with Gasteiger partial charge in [0.2, 0.25) is 0 Å². The highest BCUT2D eigenvalue weighted by Gasteiger charge is 2.21. The molecule has 0 saturated carbocycles. The molecule has 0 bridgehead atoms. The third kappa shape index (κ3) is 3.34. The highest BCUT2D eigenvalue weighted by Crippen LogP contribution is 2.24. The minimum atomic E-state index is 0.00598. The summed E-state index contributed by atoms with van der Waals surface area (Å²) in [6.07, 6.45) is 6.95. The van der Waals surface area contributed by atoms with Gasteiger partial charge in [0, 0.05) is 12.1 Å². The molecule has 116 valence electrons. The normalized spacial score (nSPS) is 14.1. The molecule has 0 N–H and O–H groups in total. The van der Waals surface area contributed by atoms with Gasteiger partial charge in [-0.05, 0) is 42.3 Å². The summed E-state index contributed by atoms with van der Waals surface area (Å²) in [7, 11) is 1.62. The van der Waals surface area contributed by atoms with Gasteiger partial charge in [0.25, 0.3) is 5.91 Å². The van der Waals surface area contributed by atoms with E-state index in [2.05, 4.69) is 6.08 Å². The zero-order valence-corrected chi connectivity index (χ0v) is 13.1. The molecule has 3 heteroatoms. The fourth-order valence-electron chi connectivity index (χ4n) is 2.63. The smallest absolute Gasteiger partial charge is 0.258 e. The number of benzene rings is 2. The van der Waals surface area contributed by atoms with E-state index in [9.17, 15) is 4.79 Å². The number of methoxy groups -OCH3 is 1. The molecule has 3 nitrogen and oxygen atoms in total. The number of hydrogen-bond acceptors (Lipinski definition) is 2. The second-order valence-electron chi connectivity index (χ2n) is 5.32. The molecule has 2 aromatic carbocycles. The van der Waals surface area contributed by atoms with Gasteiger partial charge in [0.1, 0.15) is 5.75 Å². The molecule has 0 saturated heterocycles. The number of nitrogens with zero attached hydrogens (tertiary/aromatic N) is 1. The van der Waals surface area contributed by atoms with E-state index in [1.54, 1.807) is 7.11 Å². The van der Waals surface area contributed by atoms with Gasteiger partial charge in [-0.15, -0.1) is 0 Å². The molecule has 23 heavy (non-hydrogen) atoms. The van der Waals surface area contributed by atoms with Crippen molar-refractivity contribution in [1.82, 2.24) is 4.90 Å². The first-order valence-corrected chi connectivity index (χ1v) is 7.68. The summed E-state index contributed by atoms with van der Waals surface area (Å²) in [5.41, 5.74) is 2.63. The van der Waals surface area contributed by atoms with Crippen LogP contribution >= 0.6 is 0 Å². The van der Waals surface area contributed by atoms with Crippen LogP contribution in [0.4, 0.5) is 0 Å². The first-order chi connectivity index (χ1) is 11.3. The van der Waals surface area contributed by atoms with Gasteiger partial charge in [-0.1, -0.05) is 42.5 Å². The second kappa shape index (κ2) is 6.97. The average Bonchev–Trinajstić information content (AvgIpc) is 2.88. The minimum Gasteiger partial charge on any atom is -0.497 e. The predicted molar refractivity (Wildman–Crippen MR) is 92.2 cm³/mol. The van der Waals surface area contributed by atoms with Crippen LogP contribution in [-0.4, -0.2) is 24.5 Å². The Balaban J connectivity index is 1.93. The number of amides is 1. The van der Waals surface area contributed by atoms with Crippen molar-refractivity contribution < 1.29 is 9.53 Å². The first-order valence-electron chi connectivity index (χ1n) is 7.68. The number of carbonyl (C=O) groups is 1. The standard InChI is InChI=1S/C20H19NO2/c1-23-18-13-11-17(12-14-18)20(22)21-15-7-3-6-10-19(21)16-8-4-2-5-9-16/h2-6,8-14H,7,15H2,1H3. The highest BCUT2D eigenvalue weighted by atomic mass is 16.5. The first kappa shape index (κ1) is 15.1. The van der Waals surface area contributed by atoms with E-state index in [4.69, 9.17) is 4.74 Å². The van der Waals surface area contributed by atoms with Crippen LogP contribution in [0.1, 0.15) is 22.3 Å². The maximum Gasteiger partial charge on any atom is 0.258 e. The topological polar surface area (TPSA) is 29.5 Å². The molecule has 2 aromatic rings. The van der Waals surface area contributed by atoms with Crippen LogP contribution in [-0.2, 0) is 0 Å². The number of hydrogen-bond donors (Lipinski definition) is 0. The van der Waals surface area contributed by atoms with E-state index in [0.29, 0.717) is 12.1 Å². The van der Waals surface area contributed by atoms with Crippen molar-refractivity contribution in [3.8, 4) is 5.75 Å². The number of carbonyl (C=O) groups excluding carboxylic acids is 1. The Morgan fingerprint density at radius 2 is 1.78 bits per heavy atom. The number of ether oxygens (including phenoxy) is 1. The van der Waals surface area contributed by atoms with Gasteiger partial charge in [0.05, 0.1) is 12.8 Å². The van der Waals surface area contributed by atoms with E-state index < -0.39 is 0 Å². The summed E-state index contributed by atoms with van der Waals surface area (Å²) in [6, 6.07) is 17.3. The van der Waals surface area contributed by atoms with Crippen molar-refractivity contribution in [3.63, 3.8) is 0 Å². The average molecular weight is 305 g/mol. The molecule has 1 amide bonds. The monoisotopic (exact) mass is 305 g/mol. The third-order valence-corrected chi connectivity index (χ3v) is 3.85. The predicted octanol–water partition coefficient (Wildman–Crippen LogP) is 4.14. The number of rotatable bonds is 3. The van der Waals surface area contributed by atoms with E-state index in [1.165, 1.54) is 0 Å². The molecule has 1 heterocycles. The van der Waals surface area contributed by atoms with E-state index in [0.717, 1.165) is 23.4 Å². The van der Waals surface area contributed by atoms with Crippen LogP contribution in [0.5, 0.6) is 5.75 Å². The molecule has 3 rings (SSSR count). The quantitative estimate of drug-likeness (QED) is 0.853. The molecule has 0 aromatic heterocycles. The lowest BCUT2D eigenvalue weighted by molar-refractivity contribution is 0.0837. The Bertz CT molecular complexity index is 730. The van der Waals surface area contributed by atoms with Gasteiger partial charge in [0.15, 0.2) is 0 Å². The van der Waals surface area contributed by atoms with Crippen molar-refractivity contribution in [1.29, 1.82) is 0 Å². The molecule has 0 unspecified atom stereocenters. The van der Waals surface area contributed by atoms with Crippen molar-refractivity contribution in [3.05, 3.63) is 84.0 Å². The van der Waals surface area contributed by atoms with Crippen LogP contribution < -0.4 is 4.74 Å². The lowest BCUT2D eigenvalue weighted by Gasteiger charge is -2.24. The van der Waals surface area contributed by atoms with E-state index in [-0.39, 0.29) is 5.91 Å². The Hall–Kier alpha value is -2.81. The molecule has 0 radical (unpaired) electrons. The highest BCUT2D eigenvalue weighted by molar-refractivity contribution is 6.00. The number of allylic oxidation sites excluding steroid dienone is 2. The summed E-state index contributed by atoms with van der Waals surface area (Å²) in [5, 5.41) is 0. The maximum absolute atomic E-state index is 13.0. The van der Waals surface area contributed by atoms with Crippen LogP contribution in [0.25, 0.3) is 5.70 Å². The Morgan fingerprint density at radius 3 is 2.48 bits per heavy atom. The van der Waals surface area contributed by atoms with Crippen LogP contribution in [0, 0.1) is 0 Å². The lowest BCUT2D eigenvalue weighted by Crippen LogP contribution is -2.30. The van der Waals surface area contributed by atoms with Crippen molar-refractivity contribution in [2.45, 2.75) is 6.42 Å². The van der Waals surface area contributed by atoms with Gasteiger partial charge in [-0.2, -0.15) is 0 Å². The molecule has 0 spiro atoms. The maximum atomic E-state index is 13.0. The Labute approximate surface area is 136 Å². The molecule has 0 fully saturated rings. The molecular weight excluding hydrogens is 286 g/mol. The SMILES string of the molecule is COc1ccc(C(=O)N2CCC=CC=C2c2ccccc2)cc1. The Kier molecular flexibility index (Phi) is 4.57.